The SMILES string of the molecule is CN(C)c1ccc([N+](=O)[O-])cc1C=Nc1ncc(-c2ccc([N+](=O)[O-])cc2)s1. The maximum absolute atomic E-state index is 11.0. The normalized spacial score (nSPS) is 10.9. The van der Waals surface area contributed by atoms with Gasteiger partial charge in [0.05, 0.1) is 14.7 Å². The molecule has 28 heavy (non-hydrogen) atoms. The molecule has 1 heterocycles. The first kappa shape index (κ1) is 19.1. The van der Waals surface area contributed by atoms with E-state index in [2.05, 4.69) is 9.98 Å². The van der Waals surface area contributed by atoms with Crippen molar-refractivity contribution in [2.24, 2.45) is 4.99 Å². The molecule has 0 radical (unpaired) electrons. The number of thiazole rings is 1. The molecular formula is C18H15N5O4S. The summed E-state index contributed by atoms with van der Waals surface area (Å²) in [5, 5.41) is 22.3. The number of aliphatic imine (C=N–C) groups is 1. The van der Waals surface area contributed by atoms with Gasteiger partial charge in [0.15, 0.2) is 0 Å². The third kappa shape index (κ3) is 4.18. The third-order valence-corrected chi connectivity index (χ3v) is 4.83. The van der Waals surface area contributed by atoms with Crippen LogP contribution in [0.25, 0.3) is 10.4 Å². The highest BCUT2D eigenvalue weighted by Gasteiger charge is 2.12. The fourth-order valence-electron chi connectivity index (χ4n) is 2.50. The van der Waals surface area contributed by atoms with Crippen LogP contribution in [0.3, 0.4) is 0 Å². The van der Waals surface area contributed by atoms with Crippen LogP contribution in [0.1, 0.15) is 5.56 Å². The quantitative estimate of drug-likeness (QED) is 0.345. The Morgan fingerprint density at radius 3 is 2.29 bits per heavy atom. The van der Waals surface area contributed by atoms with Crippen LogP contribution in [0.5, 0.6) is 0 Å². The van der Waals surface area contributed by atoms with E-state index in [0.717, 1.165) is 16.1 Å². The predicted octanol–water partition coefficient (Wildman–Crippen LogP) is 4.44. The van der Waals surface area contributed by atoms with E-state index in [-0.39, 0.29) is 11.4 Å². The van der Waals surface area contributed by atoms with Gasteiger partial charge in [-0.05, 0) is 23.8 Å². The minimum absolute atomic E-state index is 0.0160. The van der Waals surface area contributed by atoms with Crippen molar-refractivity contribution in [3.05, 3.63) is 74.5 Å². The Balaban J connectivity index is 1.87. The molecule has 3 aromatic rings. The molecule has 0 N–H and O–H groups in total. The summed E-state index contributed by atoms with van der Waals surface area (Å²) in [5.41, 5.74) is 2.20. The third-order valence-electron chi connectivity index (χ3n) is 3.87. The largest absolute Gasteiger partial charge is 0.377 e. The maximum atomic E-state index is 11.0. The van der Waals surface area contributed by atoms with Crippen LogP contribution in [0.4, 0.5) is 22.2 Å². The molecule has 0 aliphatic heterocycles. The van der Waals surface area contributed by atoms with Gasteiger partial charge in [-0.15, -0.1) is 0 Å². The highest BCUT2D eigenvalue weighted by molar-refractivity contribution is 7.18. The number of hydrogen-bond acceptors (Lipinski definition) is 8. The maximum Gasteiger partial charge on any atom is 0.270 e. The minimum atomic E-state index is -0.452. The van der Waals surface area contributed by atoms with Crippen molar-refractivity contribution in [1.29, 1.82) is 0 Å². The lowest BCUT2D eigenvalue weighted by Crippen LogP contribution is -2.11. The molecule has 0 saturated heterocycles. The van der Waals surface area contributed by atoms with Gasteiger partial charge in [-0.1, -0.05) is 11.3 Å². The molecule has 0 saturated carbocycles. The Kier molecular flexibility index (Phi) is 5.41. The minimum Gasteiger partial charge on any atom is -0.377 e. The summed E-state index contributed by atoms with van der Waals surface area (Å²) in [4.78, 5) is 32.1. The molecule has 0 unspecified atom stereocenters. The van der Waals surface area contributed by atoms with Crippen LogP contribution >= 0.6 is 11.3 Å². The zero-order valence-corrected chi connectivity index (χ0v) is 15.8. The van der Waals surface area contributed by atoms with E-state index in [1.807, 2.05) is 19.0 Å². The molecule has 2 aromatic carbocycles. The van der Waals surface area contributed by atoms with Gasteiger partial charge >= 0.3 is 0 Å². The van der Waals surface area contributed by atoms with E-state index in [0.29, 0.717) is 10.7 Å². The smallest absolute Gasteiger partial charge is 0.270 e. The lowest BCUT2D eigenvalue weighted by Gasteiger charge is -2.14. The van der Waals surface area contributed by atoms with Crippen molar-refractivity contribution >= 4 is 39.7 Å². The monoisotopic (exact) mass is 397 g/mol. The van der Waals surface area contributed by atoms with E-state index in [9.17, 15) is 20.2 Å². The van der Waals surface area contributed by atoms with Crippen LogP contribution in [0.2, 0.25) is 0 Å². The molecule has 0 aliphatic rings. The van der Waals surface area contributed by atoms with Gasteiger partial charge in [-0.3, -0.25) is 20.2 Å². The number of nitro groups is 2. The average molecular weight is 397 g/mol. The van der Waals surface area contributed by atoms with Crippen LogP contribution < -0.4 is 4.90 Å². The van der Waals surface area contributed by atoms with Crippen molar-refractivity contribution in [2.45, 2.75) is 0 Å². The zero-order chi connectivity index (χ0) is 20.3. The Hall–Kier alpha value is -3.66. The molecule has 0 bridgehead atoms. The van der Waals surface area contributed by atoms with Crippen molar-refractivity contribution < 1.29 is 9.85 Å². The number of nitrogens with zero attached hydrogens (tertiary/aromatic N) is 5. The molecule has 0 fully saturated rings. The molecular weight excluding hydrogens is 382 g/mol. The van der Waals surface area contributed by atoms with Gasteiger partial charge in [-0.2, -0.15) is 0 Å². The number of anilines is 1. The number of rotatable bonds is 6. The number of aromatic nitrogens is 1. The van der Waals surface area contributed by atoms with Gasteiger partial charge in [-0.25, -0.2) is 9.98 Å². The number of hydrogen-bond donors (Lipinski definition) is 0. The molecule has 142 valence electrons. The van der Waals surface area contributed by atoms with Gasteiger partial charge in [0, 0.05) is 62.0 Å². The standard InChI is InChI=1S/C18H15N5O4S/c1-21(2)16-8-7-15(23(26)27)9-13(16)10-19-18-20-11-17(28-18)12-3-5-14(6-4-12)22(24)25/h3-11H,1-2H3. The fourth-order valence-corrected chi connectivity index (χ4v) is 3.26. The molecule has 0 atom stereocenters. The first-order chi connectivity index (χ1) is 13.3. The van der Waals surface area contributed by atoms with Gasteiger partial charge in [0.25, 0.3) is 11.4 Å². The van der Waals surface area contributed by atoms with Crippen molar-refractivity contribution in [3.63, 3.8) is 0 Å². The lowest BCUT2D eigenvalue weighted by atomic mass is 10.1. The molecule has 9 nitrogen and oxygen atoms in total. The predicted molar refractivity (Wildman–Crippen MR) is 109 cm³/mol. The Morgan fingerprint density at radius 1 is 1.04 bits per heavy atom. The Bertz CT molecular complexity index is 1060. The first-order valence-corrected chi connectivity index (χ1v) is 8.87. The second-order valence-electron chi connectivity index (χ2n) is 5.96. The van der Waals surface area contributed by atoms with Crippen LogP contribution in [0.15, 0.2) is 53.7 Å². The number of nitro benzene ring substituents is 2. The summed E-state index contributed by atoms with van der Waals surface area (Å²) in [6, 6.07) is 10.8. The molecule has 0 spiro atoms. The number of benzene rings is 2. The second kappa shape index (κ2) is 7.92. The first-order valence-electron chi connectivity index (χ1n) is 8.05. The Morgan fingerprint density at radius 2 is 1.68 bits per heavy atom. The summed E-state index contributed by atoms with van der Waals surface area (Å²) in [7, 11) is 3.68. The summed E-state index contributed by atoms with van der Waals surface area (Å²) in [6.07, 6.45) is 3.18. The molecule has 1 aromatic heterocycles. The van der Waals surface area contributed by atoms with E-state index in [1.54, 1.807) is 30.6 Å². The van der Waals surface area contributed by atoms with Crippen molar-refractivity contribution in [2.75, 3.05) is 19.0 Å². The van der Waals surface area contributed by atoms with Gasteiger partial charge in [0.1, 0.15) is 0 Å². The Labute approximate surface area is 163 Å². The van der Waals surface area contributed by atoms with Crippen LogP contribution in [0, 0.1) is 20.2 Å². The average Bonchev–Trinajstić information content (AvgIpc) is 3.15. The number of non-ortho nitro benzene ring substituents is 2. The fraction of sp³-hybridized carbons (Fsp3) is 0.111. The highest BCUT2D eigenvalue weighted by Crippen LogP contribution is 2.32. The summed E-state index contributed by atoms with van der Waals surface area (Å²) < 4.78 is 0. The van der Waals surface area contributed by atoms with Crippen molar-refractivity contribution in [1.82, 2.24) is 4.98 Å². The van der Waals surface area contributed by atoms with E-state index < -0.39 is 9.85 Å². The van der Waals surface area contributed by atoms with Crippen molar-refractivity contribution in [3.8, 4) is 10.4 Å². The summed E-state index contributed by atoms with van der Waals surface area (Å²) in [6.45, 7) is 0. The second-order valence-corrected chi connectivity index (χ2v) is 6.97. The molecule has 0 aliphatic carbocycles. The highest BCUT2D eigenvalue weighted by atomic mass is 32.1. The zero-order valence-electron chi connectivity index (χ0n) is 15.0. The molecule has 10 heteroatoms. The summed E-state index contributed by atoms with van der Waals surface area (Å²) >= 11 is 1.32. The van der Waals surface area contributed by atoms with E-state index >= 15 is 0 Å². The van der Waals surface area contributed by atoms with E-state index in [4.69, 9.17) is 0 Å². The topological polar surface area (TPSA) is 115 Å². The molecule has 3 rings (SSSR count). The summed E-state index contributed by atoms with van der Waals surface area (Å²) in [5.74, 6) is 0. The van der Waals surface area contributed by atoms with E-state index in [1.165, 1.54) is 35.6 Å². The molecule has 0 amide bonds. The van der Waals surface area contributed by atoms with Crippen LogP contribution in [-0.2, 0) is 0 Å². The van der Waals surface area contributed by atoms with Gasteiger partial charge < -0.3 is 4.90 Å². The van der Waals surface area contributed by atoms with Gasteiger partial charge in [0.2, 0.25) is 5.13 Å². The lowest BCUT2D eigenvalue weighted by molar-refractivity contribution is -0.385. The van der Waals surface area contributed by atoms with Crippen LogP contribution in [-0.4, -0.2) is 35.1 Å².